The fourth-order valence-electron chi connectivity index (χ4n) is 1.52. The number of thioether (sulfide) groups is 1. The topological polar surface area (TPSA) is 38.9 Å². The van der Waals surface area contributed by atoms with E-state index in [0.717, 1.165) is 11.4 Å². The van der Waals surface area contributed by atoms with Crippen molar-refractivity contribution in [3.63, 3.8) is 0 Å². The molecule has 1 aromatic rings. The minimum Gasteiger partial charge on any atom is -0.324 e. The zero-order valence-corrected chi connectivity index (χ0v) is 11.7. The van der Waals surface area contributed by atoms with Gasteiger partial charge in [0.25, 0.3) is 0 Å². The van der Waals surface area contributed by atoms with Gasteiger partial charge in [0.15, 0.2) is 0 Å². The molecular weight excluding hydrogens is 216 g/mol. The third kappa shape index (κ3) is 3.80. The van der Waals surface area contributed by atoms with E-state index >= 15 is 0 Å². The summed E-state index contributed by atoms with van der Waals surface area (Å²) < 4.78 is 0.202. The van der Waals surface area contributed by atoms with E-state index in [4.69, 9.17) is 5.73 Å². The molecule has 1 heterocycles. The molecule has 0 spiro atoms. The van der Waals surface area contributed by atoms with Crippen LogP contribution in [0.15, 0.2) is 17.3 Å². The Morgan fingerprint density at radius 2 is 2.06 bits per heavy atom. The number of hydrogen-bond acceptors (Lipinski definition) is 3. The molecular formula is C13H22N2S. The Bertz CT molecular complexity index is 355. The minimum atomic E-state index is 0.112. The third-order valence-corrected chi connectivity index (χ3v) is 3.42. The van der Waals surface area contributed by atoms with E-state index in [0.29, 0.717) is 0 Å². The normalized spacial score (nSPS) is 13.9. The number of hydrogen-bond donors (Lipinski definition) is 1. The lowest BCUT2D eigenvalue weighted by Gasteiger charge is -2.18. The van der Waals surface area contributed by atoms with Crippen LogP contribution >= 0.6 is 11.8 Å². The molecule has 90 valence electrons. The van der Waals surface area contributed by atoms with Gasteiger partial charge in [-0.25, -0.2) is 4.98 Å². The number of aromatic nitrogens is 1. The van der Waals surface area contributed by atoms with E-state index in [1.54, 1.807) is 11.8 Å². The zero-order valence-electron chi connectivity index (χ0n) is 10.9. The van der Waals surface area contributed by atoms with E-state index < -0.39 is 0 Å². The van der Waals surface area contributed by atoms with E-state index in [2.05, 4.69) is 45.7 Å². The molecule has 0 unspecified atom stereocenters. The van der Waals surface area contributed by atoms with Crippen LogP contribution in [0.3, 0.4) is 0 Å². The van der Waals surface area contributed by atoms with Crippen molar-refractivity contribution in [1.82, 2.24) is 4.98 Å². The number of rotatable bonds is 3. The van der Waals surface area contributed by atoms with Gasteiger partial charge in [-0.15, -0.1) is 11.8 Å². The standard InChI is InChI=1S/C13H22N2S/c1-6-11(14)10-8-15-12(7-9(10)2)16-13(3,4)5/h7-8,11H,6,14H2,1-5H3/t11-/m1/s1. The van der Waals surface area contributed by atoms with Gasteiger partial charge in [0, 0.05) is 17.0 Å². The van der Waals surface area contributed by atoms with Gasteiger partial charge in [0.2, 0.25) is 0 Å². The van der Waals surface area contributed by atoms with E-state index in [9.17, 15) is 0 Å². The summed E-state index contributed by atoms with van der Waals surface area (Å²) in [6.07, 6.45) is 2.88. The van der Waals surface area contributed by atoms with Crippen LogP contribution in [0.25, 0.3) is 0 Å². The molecule has 2 N–H and O–H groups in total. The lowest BCUT2D eigenvalue weighted by Crippen LogP contribution is -2.12. The second-order valence-corrected chi connectivity index (χ2v) is 6.96. The van der Waals surface area contributed by atoms with Crippen molar-refractivity contribution in [1.29, 1.82) is 0 Å². The first-order valence-corrected chi connectivity index (χ1v) is 6.56. The van der Waals surface area contributed by atoms with E-state index in [-0.39, 0.29) is 10.8 Å². The van der Waals surface area contributed by atoms with Crippen LogP contribution in [-0.4, -0.2) is 9.73 Å². The summed E-state index contributed by atoms with van der Waals surface area (Å²) in [6.45, 7) is 10.8. The molecule has 3 heteroatoms. The molecule has 1 aromatic heterocycles. The van der Waals surface area contributed by atoms with Crippen LogP contribution in [0, 0.1) is 6.92 Å². The quantitative estimate of drug-likeness (QED) is 0.816. The van der Waals surface area contributed by atoms with Crippen molar-refractivity contribution < 1.29 is 0 Å². The summed E-state index contributed by atoms with van der Waals surface area (Å²) in [4.78, 5) is 4.48. The molecule has 1 rings (SSSR count). The average molecular weight is 238 g/mol. The first-order valence-electron chi connectivity index (χ1n) is 5.74. The predicted molar refractivity (Wildman–Crippen MR) is 71.8 cm³/mol. The maximum atomic E-state index is 6.03. The van der Waals surface area contributed by atoms with Crippen LogP contribution < -0.4 is 5.73 Å². The van der Waals surface area contributed by atoms with Crippen molar-refractivity contribution >= 4 is 11.8 Å². The lowest BCUT2D eigenvalue weighted by atomic mass is 10.0. The molecule has 0 aliphatic carbocycles. The van der Waals surface area contributed by atoms with Crippen molar-refractivity contribution in [2.75, 3.05) is 0 Å². The maximum absolute atomic E-state index is 6.03. The minimum absolute atomic E-state index is 0.112. The van der Waals surface area contributed by atoms with Crippen LogP contribution in [0.5, 0.6) is 0 Å². The molecule has 16 heavy (non-hydrogen) atoms. The summed E-state index contributed by atoms with van der Waals surface area (Å²) in [6, 6.07) is 2.25. The van der Waals surface area contributed by atoms with Crippen LogP contribution in [0.2, 0.25) is 0 Å². The summed E-state index contributed by atoms with van der Waals surface area (Å²) in [7, 11) is 0. The largest absolute Gasteiger partial charge is 0.324 e. The lowest BCUT2D eigenvalue weighted by molar-refractivity contribution is 0.687. The molecule has 0 saturated carbocycles. The zero-order chi connectivity index (χ0) is 12.3. The summed E-state index contributed by atoms with van der Waals surface area (Å²) in [5.41, 5.74) is 8.44. The summed E-state index contributed by atoms with van der Waals surface area (Å²) >= 11 is 1.79. The Hall–Kier alpha value is -0.540. The number of nitrogens with two attached hydrogens (primary N) is 1. The van der Waals surface area contributed by atoms with Crippen molar-refractivity contribution in [3.8, 4) is 0 Å². The Morgan fingerprint density at radius 1 is 1.44 bits per heavy atom. The molecule has 2 nitrogen and oxygen atoms in total. The molecule has 0 aromatic carbocycles. The van der Waals surface area contributed by atoms with Crippen molar-refractivity contribution in [2.24, 2.45) is 5.73 Å². The fourth-order valence-corrected chi connectivity index (χ4v) is 2.49. The highest BCUT2D eigenvalue weighted by molar-refractivity contribution is 8.00. The first-order chi connectivity index (χ1) is 7.33. The fraction of sp³-hybridized carbons (Fsp3) is 0.615. The van der Waals surface area contributed by atoms with Crippen LogP contribution in [-0.2, 0) is 0 Å². The Labute approximate surface area is 103 Å². The van der Waals surface area contributed by atoms with Gasteiger partial charge in [-0.05, 0) is 30.5 Å². The molecule has 0 fully saturated rings. The second kappa shape index (κ2) is 5.19. The molecule has 1 atom stereocenters. The monoisotopic (exact) mass is 238 g/mol. The van der Waals surface area contributed by atoms with Gasteiger partial charge in [0.1, 0.15) is 0 Å². The smallest absolute Gasteiger partial charge is 0.0967 e. The van der Waals surface area contributed by atoms with Gasteiger partial charge in [0.05, 0.1) is 5.03 Å². The number of pyridine rings is 1. The number of nitrogens with zero attached hydrogens (tertiary/aromatic N) is 1. The highest BCUT2D eigenvalue weighted by atomic mass is 32.2. The van der Waals surface area contributed by atoms with Crippen LogP contribution in [0.4, 0.5) is 0 Å². The summed E-state index contributed by atoms with van der Waals surface area (Å²) in [5.74, 6) is 0. The Morgan fingerprint density at radius 3 is 2.50 bits per heavy atom. The predicted octanol–water partition coefficient (Wildman–Crippen LogP) is 3.69. The molecule has 0 saturated heterocycles. The van der Waals surface area contributed by atoms with E-state index in [1.165, 1.54) is 11.1 Å². The SMILES string of the molecule is CC[C@@H](N)c1cnc(SC(C)(C)C)cc1C. The molecule has 0 bridgehead atoms. The Balaban J connectivity index is 2.91. The third-order valence-electron chi connectivity index (χ3n) is 2.38. The maximum Gasteiger partial charge on any atom is 0.0967 e. The van der Waals surface area contributed by atoms with Crippen molar-refractivity contribution in [3.05, 3.63) is 23.4 Å². The van der Waals surface area contributed by atoms with Crippen molar-refractivity contribution in [2.45, 2.75) is 56.9 Å². The van der Waals surface area contributed by atoms with Gasteiger partial charge in [-0.1, -0.05) is 27.7 Å². The second-order valence-electron chi connectivity index (χ2n) is 5.11. The van der Waals surface area contributed by atoms with Crippen LogP contribution in [0.1, 0.15) is 51.3 Å². The number of aryl methyl sites for hydroxylation is 1. The molecule has 0 amide bonds. The van der Waals surface area contributed by atoms with Gasteiger partial charge in [-0.2, -0.15) is 0 Å². The van der Waals surface area contributed by atoms with Gasteiger partial charge < -0.3 is 5.73 Å². The van der Waals surface area contributed by atoms with E-state index in [1.807, 2.05) is 6.20 Å². The van der Waals surface area contributed by atoms with Gasteiger partial charge >= 0.3 is 0 Å². The highest BCUT2D eigenvalue weighted by Crippen LogP contribution is 2.31. The highest BCUT2D eigenvalue weighted by Gasteiger charge is 2.14. The molecule has 0 aliphatic heterocycles. The average Bonchev–Trinajstić information content (AvgIpc) is 2.14. The first kappa shape index (κ1) is 13.5. The molecule has 0 radical (unpaired) electrons. The summed E-state index contributed by atoms with van der Waals surface area (Å²) in [5, 5.41) is 1.08. The van der Waals surface area contributed by atoms with Gasteiger partial charge in [-0.3, -0.25) is 0 Å². The molecule has 0 aliphatic rings. The Kier molecular flexibility index (Phi) is 4.39.